The Kier molecular flexibility index (Phi) is 5.14. The van der Waals surface area contributed by atoms with Crippen LogP contribution in [-0.2, 0) is 9.53 Å². The fraction of sp³-hybridized carbons (Fsp3) is 0.500. The lowest BCUT2D eigenvalue weighted by Gasteiger charge is -2.09. The van der Waals surface area contributed by atoms with Gasteiger partial charge in [-0.1, -0.05) is 18.5 Å². The summed E-state index contributed by atoms with van der Waals surface area (Å²) < 4.78 is 4.95. The molecule has 6 heteroatoms. The quantitative estimate of drug-likeness (QED) is 0.856. The van der Waals surface area contributed by atoms with Gasteiger partial charge >= 0.3 is 0 Å². The largest absolute Gasteiger partial charge is 0.384 e. The first-order valence-electron chi connectivity index (χ1n) is 4.90. The van der Waals surface area contributed by atoms with Gasteiger partial charge in [0.05, 0.1) is 0 Å². The smallest absolute Gasteiger partial charge is 0.225 e. The fourth-order valence-corrected chi connectivity index (χ4v) is 1.34. The summed E-state index contributed by atoms with van der Waals surface area (Å²) in [5.74, 6) is 0.463. The van der Waals surface area contributed by atoms with Gasteiger partial charge in [0.2, 0.25) is 5.91 Å². The van der Waals surface area contributed by atoms with Gasteiger partial charge in [-0.05, 0) is 18.1 Å². The normalized spacial score (nSPS) is 12.2. The lowest BCUT2D eigenvalue weighted by molar-refractivity contribution is -0.117. The summed E-state index contributed by atoms with van der Waals surface area (Å²) in [7, 11) is 1.61. The van der Waals surface area contributed by atoms with Crippen molar-refractivity contribution in [3.05, 3.63) is 17.3 Å². The maximum absolute atomic E-state index is 11.5. The van der Waals surface area contributed by atoms with Crippen molar-refractivity contribution in [1.82, 2.24) is 10.2 Å². The lowest BCUT2D eigenvalue weighted by Crippen LogP contribution is -2.18. The van der Waals surface area contributed by atoms with E-state index in [-0.39, 0.29) is 11.8 Å². The Morgan fingerprint density at radius 3 is 2.88 bits per heavy atom. The minimum Gasteiger partial charge on any atom is -0.384 e. The second-order valence-corrected chi connectivity index (χ2v) is 3.94. The van der Waals surface area contributed by atoms with Gasteiger partial charge in [-0.2, -0.15) is 0 Å². The Bertz CT molecular complexity index is 342. The first-order chi connectivity index (χ1) is 7.61. The molecule has 1 unspecified atom stereocenters. The molecule has 0 radical (unpaired) electrons. The average Bonchev–Trinajstić information content (AvgIpc) is 2.21. The number of anilines is 1. The summed E-state index contributed by atoms with van der Waals surface area (Å²) in [6.45, 7) is 2.50. The van der Waals surface area contributed by atoms with Crippen LogP contribution in [0, 0.1) is 5.92 Å². The zero-order chi connectivity index (χ0) is 12.0. The number of amides is 1. The molecule has 1 N–H and O–H groups in total. The highest BCUT2D eigenvalue weighted by Gasteiger charge is 2.09. The predicted octanol–water partition coefficient (Wildman–Crippen LogP) is 1.74. The van der Waals surface area contributed by atoms with Crippen molar-refractivity contribution in [2.45, 2.75) is 13.3 Å². The Labute approximate surface area is 99.2 Å². The molecule has 1 atom stereocenters. The molecule has 1 aromatic rings. The van der Waals surface area contributed by atoms with Gasteiger partial charge in [-0.3, -0.25) is 4.79 Å². The van der Waals surface area contributed by atoms with E-state index in [0.29, 0.717) is 24.0 Å². The monoisotopic (exact) mass is 243 g/mol. The number of carbonyl (C=O) groups is 1. The van der Waals surface area contributed by atoms with Gasteiger partial charge < -0.3 is 10.1 Å². The number of hydrogen-bond acceptors (Lipinski definition) is 4. The molecule has 0 aromatic carbocycles. The molecule has 0 aliphatic rings. The minimum atomic E-state index is -0.110. The molecular weight excluding hydrogens is 230 g/mol. The number of carbonyl (C=O) groups excluding carboxylic acids is 1. The molecule has 0 aliphatic carbocycles. The van der Waals surface area contributed by atoms with Gasteiger partial charge in [0.15, 0.2) is 11.0 Å². The van der Waals surface area contributed by atoms with Gasteiger partial charge in [-0.25, -0.2) is 0 Å². The SMILES string of the molecule is COCC(C)CC(=O)Nc1ccc(Cl)nn1. The first-order valence-corrected chi connectivity index (χ1v) is 5.27. The van der Waals surface area contributed by atoms with Crippen molar-refractivity contribution in [1.29, 1.82) is 0 Å². The van der Waals surface area contributed by atoms with E-state index in [1.54, 1.807) is 19.2 Å². The van der Waals surface area contributed by atoms with Crippen LogP contribution in [0.3, 0.4) is 0 Å². The van der Waals surface area contributed by atoms with Crippen LogP contribution in [0.2, 0.25) is 5.15 Å². The van der Waals surface area contributed by atoms with Gasteiger partial charge in [0.1, 0.15) is 0 Å². The number of halogens is 1. The zero-order valence-electron chi connectivity index (χ0n) is 9.24. The van der Waals surface area contributed by atoms with E-state index in [1.807, 2.05) is 6.92 Å². The second-order valence-electron chi connectivity index (χ2n) is 3.55. The molecule has 0 bridgehead atoms. The van der Waals surface area contributed by atoms with Crippen LogP contribution in [0.5, 0.6) is 0 Å². The van der Waals surface area contributed by atoms with Gasteiger partial charge in [0, 0.05) is 20.1 Å². The van der Waals surface area contributed by atoms with E-state index in [2.05, 4.69) is 15.5 Å². The highest BCUT2D eigenvalue weighted by molar-refractivity contribution is 6.29. The highest BCUT2D eigenvalue weighted by Crippen LogP contribution is 2.08. The molecule has 0 saturated heterocycles. The van der Waals surface area contributed by atoms with E-state index >= 15 is 0 Å². The van der Waals surface area contributed by atoms with E-state index in [4.69, 9.17) is 16.3 Å². The predicted molar refractivity (Wildman–Crippen MR) is 61.3 cm³/mol. The van der Waals surface area contributed by atoms with Crippen LogP contribution in [0.1, 0.15) is 13.3 Å². The van der Waals surface area contributed by atoms with E-state index < -0.39 is 0 Å². The summed E-state index contributed by atoms with van der Waals surface area (Å²) in [6.07, 6.45) is 0.387. The molecule has 0 saturated carbocycles. The van der Waals surface area contributed by atoms with Crippen LogP contribution < -0.4 is 5.32 Å². The number of hydrogen-bond donors (Lipinski definition) is 1. The molecule has 1 amide bonds. The van der Waals surface area contributed by atoms with Crippen molar-refractivity contribution in [2.75, 3.05) is 19.0 Å². The lowest BCUT2D eigenvalue weighted by atomic mass is 10.1. The number of methoxy groups -OCH3 is 1. The molecule has 1 aromatic heterocycles. The van der Waals surface area contributed by atoms with Crippen molar-refractivity contribution in [2.24, 2.45) is 5.92 Å². The molecule has 0 fully saturated rings. The summed E-state index contributed by atoms with van der Waals surface area (Å²) in [6, 6.07) is 3.18. The van der Waals surface area contributed by atoms with Crippen LogP contribution in [0.25, 0.3) is 0 Å². The molecule has 1 heterocycles. The highest BCUT2D eigenvalue weighted by atomic mass is 35.5. The standard InChI is InChI=1S/C10H14ClN3O2/c1-7(6-16-2)5-10(15)12-9-4-3-8(11)13-14-9/h3-4,7H,5-6H2,1-2H3,(H,12,14,15). The average molecular weight is 244 g/mol. The molecular formula is C10H14ClN3O2. The number of rotatable bonds is 5. The summed E-state index contributed by atoms with van der Waals surface area (Å²) in [4.78, 5) is 11.5. The molecule has 5 nitrogen and oxygen atoms in total. The van der Waals surface area contributed by atoms with E-state index in [1.165, 1.54) is 0 Å². The van der Waals surface area contributed by atoms with Crippen LogP contribution in [0.15, 0.2) is 12.1 Å². The number of nitrogens with zero attached hydrogens (tertiary/aromatic N) is 2. The molecule has 16 heavy (non-hydrogen) atoms. The third-order valence-electron chi connectivity index (χ3n) is 1.88. The topological polar surface area (TPSA) is 64.1 Å². The van der Waals surface area contributed by atoms with Gasteiger partial charge in [-0.15, -0.1) is 10.2 Å². The molecule has 0 spiro atoms. The number of aromatic nitrogens is 2. The Morgan fingerprint density at radius 1 is 1.56 bits per heavy atom. The number of nitrogens with one attached hydrogen (secondary N) is 1. The minimum absolute atomic E-state index is 0.110. The first kappa shape index (κ1) is 12.9. The van der Waals surface area contributed by atoms with Crippen LogP contribution in [0.4, 0.5) is 5.82 Å². The van der Waals surface area contributed by atoms with E-state index in [0.717, 1.165) is 0 Å². The number of ether oxygens (including phenoxy) is 1. The Morgan fingerprint density at radius 2 is 2.31 bits per heavy atom. The van der Waals surface area contributed by atoms with Gasteiger partial charge in [0.25, 0.3) is 0 Å². The maximum Gasteiger partial charge on any atom is 0.225 e. The van der Waals surface area contributed by atoms with Crippen molar-refractivity contribution in [3.63, 3.8) is 0 Å². The Hall–Kier alpha value is -1.20. The van der Waals surface area contributed by atoms with E-state index in [9.17, 15) is 4.79 Å². The molecule has 0 aliphatic heterocycles. The fourth-order valence-electron chi connectivity index (χ4n) is 1.24. The summed E-state index contributed by atoms with van der Waals surface area (Å²) in [5.41, 5.74) is 0. The van der Waals surface area contributed by atoms with Crippen molar-refractivity contribution < 1.29 is 9.53 Å². The molecule has 1 rings (SSSR count). The third kappa shape index (κ3) is 4.55. The molecule has 88 valence electrons. The second kappa shape index (κ2) is 6.40. The van der Waals surface area contributed by atoms with Crippen molar-refractivity contribution in [3.8, 4) is 0 Å². The zero-order valence-corrected chi connectivity index (χ0v) is 9.99. The van der Waals surface area contributed by atoms with Crippen LogP contribution in [-0.4, -0.2) is 29.8 Å². The third-order valence-corrected chi connectivity index (χ3v) is 2.09. The maximum atomic E-state index is 11.5. The van der Waals surface area contributed by atoms with Crippen LogP contribution >= 0.6 is 11.6 Å². The van der Waals surface area contributed by atoms with Crippen molar-refractivity contribution >= 4 is 23.3 Å². The summed E-state index contributed by atoms with van der Waals surface area (Å²) in [5, 5.41) is 10.3. The summed E-state index contributed by atoms with van der Waals surface area (Å²) >= 11 is 5.57. The Balaban J connectivity index is 2.42.